The van der Waals surface area contributed by atoms with Crippen LogP contribution in [0, 0.1) is 10.1 Å². The van der Waals surface area contributed by atoms with Crippen LogP contribution in [0.4, 0.5) is 5.69 Å². The van der Waals surface area contributed by atoms with Crippen molar-refractivity contribution in [3.63, 3.8) is 0 Å². The molecule has 0 aliphatic carbocycles. The number of non-ortho nitro benzene ring substituents is 1. The maximum atomic E-state index is 10.7. The fourth-order valence-electron chi connectivity index (χ4n) is 1.67. The van der Waals surface area contributed by atoms with Gasteiger partial charge in [-0.05, 0) is 17.7 Å². The van der Waals surface area contributed by atoms with Crippen molar-refractivity contribution in [3.05, 3.63) is 69.2 Å². The van der Waals surface area contributed by atoms with Gasteiger partial charge in [0.1, 0.15) is 0 Å². The highest BCUT2D eigenvalue weighted by Crippen LogP contribution is 2.30. The van der Waals surface area contributed by atoms with Gasteiger partial charge < -0.3 is 5.11 Å². The number of hydrogen-bond donors (Lipinski definition) is 1. The number of nitro benzene ring substituents is 1. The lowest BCUT2D eigenvalue weighted by Gasteiger charge is -2.11. The molecular formula is C14H12ClNO3S. The van der Waals surface area contributed by atoms with E-state index in [1.807, 2.05) is 18.2 Å². The van der Waals surface area contributed by atoms with Gasteiger partial charge in [-0.3, -0.25) is 10.1 Å². The monoisotopic (exact) mass is 309 g/mol. The standard InChI is InChI=1S/C14H12ClNO3S/c15-12-6-1-2-7-14(12)20-9-13(17)10-4-3-5-11(8-10)16(18)19/h1-8,13,17H,9H2. The summed E-state index contributed by atoms with van der Waals surface area (Å²) >= 11 is 7.44. The van der Waals surface area contributed by atoms with Crippen molar-refractivity contribution >= 4 is 29.1 Å². The third-order valence-electron chi connectivity index (χ3n) is 2.70. The van der Waals surface area contributed by atoms with E-state index < -0.39 is 11.0 Å². The molecule has 0 saturated carbocycles. The summed E-state index contributed by atoms with van der Waals surface area (Å²) in [6.07, 6.45) is -0.781. The second-order valence-corrected chi connectivity index (χ2v) is 5.58. The zero-order valence-electron chi connectivity index (χ0n) is 10.4. The molecule has 0 amide bonds. The van der Waals surface area contributed by atoms with Crippen molar-refractivity contribution < 1.29 is 10.0 Å². The number of halogens is 1. The topological polar surface area (TPSA) is 63.4 Å². The maximum absolute atomic E-state index is 10.7. The largest absolute Gasteiger partial charge is 0.388 e. The number of rotatable bonds is 5. The Labute approximate surface area is 125 Å². The SMILES string of the molecule is O=[N+]([O-])c1cccc(C(O)CSc2ccccc2Cl)c1. The molecule has 2 aromatic rings. The van der Waals surface area contributed by atoms with Gasteiger partial charge in [0.25, 0.3) is 5.69 Å². The third-order valence-corrected chi connectivity index (χ3v) is 4.29. The van der Waals surface area contributed by atoms with Crippen molar-refractivity contribution in [3.8, 4) is 0 Å². The Morgan fingerprint density at radius 3 is 2.70 bits per heavy atom. The molecule has 0 spiro atoms. The summed E-state index contributed by atoms with van der Waals surface area (Å²) < 4.78 is 0. The van der Waals surface area contributed by atoms with Crippen molar-refractivity contribution in [1.29, 1.82) is 0 Å². The molecule has 0 aromatic heterocycles. The number of aliphatic hydroxyl groups excluding tert-OH is 1. The number of thioether (sulfide) groups is 1. The number of aliphatic hydroxyl groups is 1. The van der Waals surface area contributed by atoms with Gasteiger partial charge in [-0.25, -0.2) is 0 Å². The summed E-state index contributed by atoms with van der Waals surface area (Å²) in [5.41, 5.74) is 0.503. The molecule has 6 heteroatoms. The van der Waals surface area contributed by atoms with Crippen LogP contribution in [0.15, 0.2) is 53.4 Å². The van der Waals surface area contributed by atoms with Crippen LogP contribution in [-0.2, 0) is 0 Å². The molecule has 104 valence electrons. The Balaban J connectivity index is 2.05. The molecule has 0 aliphatic rings. The van der Waals surface area contributed by atoms with Crippen LogP contribution in [0.5, 0.6) is 0 Å². The molecule has 1 unspecified atom stereocenters. The minimum atomic E-state index is -0.781. The van der Waals surface area contributed by atoms with Gasteiger partial charge in [-0.1, -0.05) is 35.9 Å². The van der Waals surface area contributed by atoms with E-state index in [1.54, 1.807) is 18.2 Å². The second-order valence-electron chi connectivity index (χ2n) is 4.11. The van der Waals surface area contributed by atoms with Crippen LogP contribution in [0.3, 0.4) is 0 Å². The smallest absolute Gasteiger partial charge is 0.269 e. The van der Waals surface area contributed by atoms with Crippen LogP contribution in [0.25, 0.3) is 0 Å². The first-order chi connectivity index (χ1) is 9.58. The Morgan fingerprint density at radius 1 is 1.25 bits per heavy atom. The third kappa shape index (κ3) is 3.72. The first kappa shape index (κ1) is 14.8. The molecule has 0 bridgehead atoms. The summed E-state index contributed by atoms with van der Waals surface area (Å²) in [4.78, 5) is 11.1. The molecule has 2 rings (SSSR count). The van der Waals surface area contributed by atoms with Crippen molar-refractivity contribution in [2.24, 2.45) is 0 Å². The lowest BCUT2D eigenvalue weighted by atomic mass is 10.1. The Bertz CT molecular complexity index is 621. The summed E-state index contributed by atoms with van der Waals surface area (Å²) in [5, 5.41) is 21.4. The highest BCUT2D eigenvalue weighted by atomic mass is 35.5. The fraction of sp³-hybridized carbons (Fsp3) is 0.143. The quantitative estimate of drug-likeness (QED) is 0.513. The van der Waals surface area contributed by atoms with E-state index in [0.29, 0.717) is 16.3 Å². The summed E-state index contributed by atoms with van der Waals surface area (Å²) in [6, 6.07) is 13.4. The molecule has 0 fully saturated rings. The molecule has 0 radical (unpaired) electrons. The molecule has 20 heavy (non-hydrogen) atoms. The van der Waals surface area contributed by atoms with Crippen molar-refractivity contribution in [1.82, 2.24) is 0 Å². The van der Waals surface area contributed by atoms with Crippen LogP contribution in [0.1, 0.15) is 11.7 Å². The van der Waals surface area contributed by atoms with Gasteiger partial charge in [-0.2, -0.15) is 0 Å². The van der Waals surface area contributed by atoms with E-state index in [-0.39, 0.29) is 5.69 Å². The molecule has 0 aliphatic heterocycles. The summed E-state index contributed by atoms with van der Waals surface area (Å²) in [7, 11) is 0. The van der Waals surface area contributed by atoms with Crippen LogP contribution >= 0.6 is 23.4 Å². The highest BCUT2D eigenvalue weighted by Gasteiger charge is 2.13. The van der Waals surface area contributed by atoms with E-state index >= 15 is 0 Å². The Kier molecular flexibility index (Phi) is 5.00. The van der Waals surface area contributed by atoms with Crippen LogP contribution in [-0.4, -0.2) is 15.8 Å². The lowest BCUT2D eigenvalue weighted by molar-refractivity contribution is -0.385. The van der Waals surface area contributed by atoms with E-state index in [4.69, 9.17) is 11.6 Å². The zero-order valence-corrected chi connectivity index (χ0v) is 12.0. The van der Waals surface area contributed by atoms with E-state index in [0.717, 1.165) is 4.90 Å². The maximum Gasteiger partial charge on any atom is 0.269 e. The molecule has 4 nitrogen and oxygen atoms in total. The van der Waals surface area contributed by atoms with Gasteiger partial charge in [0.2, 0.25) is 0 Å². The minimum Gasteiger partial charge on any atom is -0.388 e. The fourth-order valence-corrected chi connectivity index (χ4v) is 2.88. The van der Waals surface area contributed by atoms with E-state index in [9.17, 15) is 15.2 Å². The van der Waals surface area contributed by atoms with Gasteiger partial charge in [0, 0.05) is 22.8 Å². The van der Waals surface area contributed by atoms with Gasteiger partial charge in [0.15, 0.2) is 0 Å². The first-order valence-electron chi connectivity index (χ1n) is 5.87. The predicted molar refractivity (Wildman–Crippen MR) is 80.2 cm³/mol. The Morgan fingerprint density at radius 2 is 2.00 bits per heavy atom. The molecular weight excluding hydrogens is 298 g/mol. The molecule has 0 saturated heterocycles. The predicted octanol–water partition coefficient (Wildman–Crippen LogP) is 4.07. The number of benzene rings is 2. The van der Waals surface area contributed by atoms with Crippen LogP contribution in [0.2, 0.25) is 5.02 Å². The normalized spacial score (nSPS) is 12.1. The highest BCUT2D eigenvalue weighted by molar-refractivity contribution is 7.99. The summed E-state index contributed by atoms with van der Waals surface area (Å²) in [5.74, 6) is 0.380. The second kappa shape index (κ2) is 6.74. The van der Waals surface area contributed by atoms with Crippen LogP contribution < -0.4 is 0 Å². The lowest BCUT2D eigenvalue weighted by Crippen LogP contribution is -2.01. The first-order valence-corrected chi connectivity index (χ1v) is 7.24. The number of hydrogen-bond acceptors (Lipinski definition) is 4. The van der Waals surface area contributed by atoms with Gasteiger partial charge in [-0.15, -0.1) is 11.8 Å². The Hall–Kier alpha value is -1.56. The minimum absolute atomic E-state index is 0.0238. The zero-order chi connectivity index (χ0) is 14.5. The molecule has 1 atom stereocenters. The average molecular weight is 310 g/mol. The van der Waals surface area contributed by atoms with Gasteiger partial charge in [0.05, 0.1) is 16.0 Å². The van der Waals surface area contributed by atoms with E-state index in [1.165, 1.54) is 23.9 Å². The average Bonchev–Trinajstić information content (AvgIpc) is 2.46. The van der Waals surface area contributed by atoms with Gasteiger partial charge >= 0.3 is 0 Å². The number of nitro groups is 1. The number of nitrogens with zero attached hydrogens (tertiary/aromatic N) is 1. The van der Waals surface area contributed by atoms with Crippen molar-refractivity contribution in [2.75, 3.05) is 5.75 Å². The van der Waals surface area contributed by atoms with Crippen molar-refractivity contribution in [2.45, 2.75) is 11.0 Å². The van der Waals surface area contributed by atoms with E-state index in [2.05, 4.69) is 0 Å². The molecule has 1 N–H and O–H groups in total. The molecule has 0 heterocycles. The molecule has 2 aromatic carbocycles. The summed E-state index contributed by atoms with van der Waals surface area (Å²) in [6.45, 7) is 0.